The van der Waals surface area contributed by atoms with Crippen molar-refractivity contribution in [2.45, 2.75) is 122 Å². The van der Waals surface area contributed by atoms with Crippen LogP contribution in [-0.4, -0.2) is 13.2 Å². The Morgan fingerprint density at radius 2 is 0.880 bits per heavy atom. The van der Waals surface area contributed by atoms with Crippen molar-refractivity contribution in [3.8, 4) is 0 Å². The first-order valence-corrected chi connectivity index (χ1v) is 11.3. The second-order valence-electron chi connectivity index (χ2n) is 7.41. The van der Waals surface area contributed by atoms with Crippen LogP contribution in [0.4, 0.5) is 0 Å². The largest absolute Gasteiger partial charge is 0.236 e. The molecular weight excluding hydrogens is 308 g/mol. The fourth-order valence-electron chi connectivity index (χ4n) is 3.22. The Labute approximate surface area is 158 Å². The van der Waals surface area contributed by atoms with E-state index in [0.717, 1.165) is 6.42 Å². The van der Waals surface area contributed by atoms with Crippen molar-refractivity contribution >= 4 is 0 Å². The topological polar surface area (TPSA) is 18.5 Å². The first-order valence-electron chi connectivity index (χ1n) is 11.3. The summed E-state index contributed by atoms with van der Waals surface area (Å²) in [6.07, 6.45) is 27.0. The van der Waals surface area contributed by atoms with Gasteiger partial charge in [0.2, 0.25) is 0 Å². The molecule has 0 radical (unpaired) electrons. The maximum Gasteiger partial charge on any atom is 0.100 e. The zero-order valence-corrected chi connectivity index (χ0v) is 17.2. The van der Waals surface area contributed by atoms with Crippen LogP contribution in [0.1, 0.15) is 122 Å². The van der Waals surface area contributed by atoms with Gasteiger partial charge in [0.15, 0.2) is 0 Å². The summed E-state index contributed by atoms with van der Waals surface area (Å²) in [5.74, 6) is 0. The molecule has 0 aromatic carbocycles. The van der Waals surface area contributed by atoms with Gasteiger partial charge in [-0.1, -0.05) is 122 Å². The molecule has 0 spiro atoms. The Bertz CT molecular complexity index is 240. The van der Waals surface area contributed by atoms with E-state index in [1.165, 1.54) is 109 Å². The molecule has 0 aromatic rings. The van der Waals surface area contributed by atoms with Crippen molar-refractivity contribution in [1.82, 2.24) is 0 Å². The maximum absolute atomic E-state index is 5.03. The fourth-order valence-corrected chi connectivity index (χ4v) is 3.22. The molecular formula is C23H46O2. The zero-order valence-electron chi connectivity index (χ0n) is 17.2. The van der Waals surface area contributed by atoms with Crippen molar-refractivity contribution in [2.75, 3.05) is 13.2 Å². The second-order valence-corrected chi connectivity index (χ2v) is 7.41. The van der Waals surface area contributed by atoms with Gasteiger partial charge in [-0.25, -0.2) is 9.78 Å². The van der Waals surface area contributed by atoms with Crippen LogP contribution in [0.5, 0.6) is 0 Å². The highest BCUT2D eigenvalue weighted by Gasteiger charge is 1.95. The summed E-state index contributed by atoms with van der Waals surface area (Å²) in [5, 5.41) is 0. The van der Waals surface area contributed by atoms with Crippen molar-refractivity contribution in [2.24, 2.45) is 0 Å². The molecule has 0 atom stereocenters. The normalized spacial score (nSPS) is 11.1. The predicted molar refractivity (Wildman–Crippen MR) is 111 cm³/mol. The van der Waals surface area contributed by atoms with Gasteiger partial charge in [0.1, 0.15) is 6.61 Å². The van der Waals surface area contributed by atoms with E-state index in [2.05, 4.69) is 13.5 Å². The van der Waals surface area contributed by atoms with Gasteiger partial charge < -0.3 is 0 Å². The highest BCUT2D eigenvalue weighted by molar-refractivity contribution is 4.62. The molecule has 0 rings (SSSR count). The average molecular weight is 355 g/mol. The summed E-state index contributed by atoms with van der Waals surface area (Å²) >= 11 is 0. The lowest BCUT2D eigenvalue weighted by Gasteiger charge is -2.04. The zero-order chi connectivity index (χ0) is 18.3. The van der Waals surface area contributed by atoms with Crippen LogP contribution in [0.25, 0.3) is 0 Å². The molecule has 0 aliphatic rings. The van der Waals surface area contributed by atoms with Crippen LogP contribution >= 0.6 is 0 Å². The third-order valence-electron chi connectivity index (χ3n) is 4.85. The Morgan fingerprint density at radius 3 is 1.24 bits per heavy atom. The Kier molecular flexibility index (Phi) is 23.3. The second kappa shape index (κ2) is 23.7. The number of rotatable bonds is 22. The standard InChI is InChI=1S/C23H46O2/c1-3-5-6-7-8-9-10-11-12-13-14-15-16-17-18-19-20-21-23-25-24-22-4-2/h4H,2-3,5-23H2,1H3. The molecule has 0 N–H and O–H groups in total. The van der Waals surface area contributed by atoms with Gasteiger partial charge in [-0.05, 0) is 6.42 Å². The molecule has 25 heavy (non-hydrogen) atoms. The van der Waals surface area contributed by atoms with E-state index < -0.39 is 0 Å². The molecule has 0 aliphatic heterocycles. The Balaban J connectivity index is 2.95. The molecule has 2 nitrogen and oxygen atoms in total. The third-order valence-corrected chi connectivity index (χ3v) is 4.85. The van der Waals surface area contributed by atoms with E-state index in [9.17, 15) is 0 Å². The fraction of sp³-hybridized carbons (Fsp3) is 0.913. The quantitative estimate of drug-likeness (QED) is 0.0844. The Hall–Kier alpha value is -0.340. The average Bonchev–Trinajstić information content (AvgIpc) is 2.63. The number of unbranched alkanes of at least 4 members (excludes halogenated alkanes) is 17. The van der Waals surface area contributed by atoms with Gasteiger partial charge in [-0.15, -0.1) is 6.58 Å². The SMILES string of the molecule is C=CCOOCCCCCCCCCCCCCCCCCCCC. The van der Waals surface area contributed by atoms with Crippen LogP contribution in [0.2, 0.25) is 0 Å². The van der Waals surface area contributed by atoms with Gasteiger partial charge in [0, 0.05) is 0 Å². The first-order chi connectivity index (χ1) is 12.4. The summed E-state index contributed by atoms with van der Waals surface area (Å²) in [6.45, 7) is 7.07. The summed E-state index contributed by atoms with van der Waals surface area (Å²) < 4.78 is 0. The van der Waals surface area contributed by atoms with Gasteiger partial charge >= 0.3 is 0 Å². The summed E-state index contributed by atoms with van der Waals surface area (Å²) in [6, 6.07) is 0. The van der Waals surface area contributed by atoms with E-state index in [1.54, 1.807) is 6.08 Å². The molecule has 150 valence electrons. The number of hydrogen-bond acceptors (Lipinski definition) is 2. The lowest BCUT2D eigenvalue weighted by molar-refractivity contribution is -0.286. The smallest absolute Gasteiger partial charge is 0.100 e. The van der Waals surface area contributed by atoms with Crippen LogP contribution in [0.15, 0.2) is 12.7 Å². The van der Waals surface area contributed by atoms with Gasteiger partial charge in [-0.2, -0.15) is 0 Å². The highest BCUT2D eigenvalue weighted by atomic mass is 17.2. The molecule has 2 heteroatoms. The minimum atomic E-state index is 0.485. The van der Waals surface area contributed by atoms with E-state index in [-0.39, 0.29) is 0 Å². The molecule has 0 aliphatic carbocycles. The molecule has 0 fully saturated rings. The minimum Gasteiger partial charge on any atom is -0.236 e. The summed E-state index contributed by atoms with van der Waals surface area (Å²) in [7, 11) is 0. The Morgan fingerprint density at radius 1 is 0.520 bits per heavy atom. The lowest BCUT2D eigenvalue weighted by Crippen LogP contribution is -1.96. The summed E-state index contributed by atoms with van der Waals surface area (Å²) in [4.78, 5) is 9.93. The molecule has 0 aromatic heterocycles. The van der Waals surface area contributed by atoms with Crippen LogP contribution < -0.4 is 0 Å². The minimum absolute atomic E-state index is 0.485. The first kappa shape index (κ1) is 24.7. The molecule has 0 heterocycles. The van der Waals surface area contributed by atoms with E-state index >= 15 is 0 Å². The molecule has 0 bridgehead atoms. The maximum atomic E-state index is 5.03. The van der Waals surface area contributed by atoms with Crippen molar-refractivity contribution in [3.63, 3.8) is 0 Å². The summed E-state index contributed by atoms with van der Waals surface area (Å²) in [5.41, 5.74) is 0. The van der Waals surface area contributed by atoms with Gasteiger partial charge in [0.05, 0.1) is 6.61 Å². The van der Waals surface area contributed by atoms with E-state index in [1.807, 2.05) is 0 Å². The van der Waals surface area contributed by atoms with Crippen LogP contribution in [-0.2, 0) is 9.78 Å². The monoisotopic (exact) mass is 354 g/mol. The highest BCUT2D eigenvalue weighted by Crippen LogP contribution is 2.14. The van der Waals surface area contributed by atoms with Crippen LogP contribution in [0.3, 0.4) is 0 Å². The lowest BCUT2D eigenvalue weighted by atomic mass is 10.0. The van der Waals surface area contributed by atoms with E-state index in [0.29, 0.717) is 13.2 Å². The van der Waals surface area contributed by atoms with Gasteiger partial charge in [-0.3, -0.25) is 0 Å². The molecule has 0 amide bonds. The van der Waals surface area contributed by atoms with Crippen molar-refractivity contribution in [3.05, 3.63) is 12.7 Å². The predicted octanol–water partition coefficient (Wildman–Crippen LogP) is 8.16. The molecule has 0 saturated heterocycles. The van der Waals surface area contributed by atoms with Gasteiger partial charge in [0.25, 0.3) is 0 Å². The van der Waals surface area contributed by atoms with Crippen LogP contribution in [0, 0.1) is 0 Å². The van der Waals surface area contributed by atoms with E-state index in [4.69, 9.17) is 9.78 Å². The number of hydrogen-bond donors (Lipinski definition) is 0. The molecule has 0 saturated carbocycles. The molecule has 0 unspecified atom stereocenters. The van der Waals surface area contributed by atoms with Crippen molar-refractivity contribution in [1.29, 1.82) is 0 Å². The third kappa shape index (κ3) is 23.7. The van der Waals surface area contributed by atoms with Crippen molar-refractivity contribution < 1.29 is 9.78 Å².